The molecular formula is C29H33N3O3S2. The second-order valence-electron chi connectivity index (χ2n) is 9.23. The highest BCUT2D eigenvalue weighted by atomic mass is 32.2. The topological polar surface area (TPSA) is 70.6 Å². The number of hydrogen-bond donors (Lipinski definition) is 0. The number of nitrogens with zero attached hydrogens (tertiary/aromatic N) is 3. The second-order valence-corrected chi connectivity index (χ2v) is 12.1. The average molecular weight is 536 g/mol. The van der Waals surface area contributed by atoms with Crippen molar-refractivity contribution in [3.05, 3.63) is 89.0 Å². The Bertz CT molecular complexity index is 1470. The van der Waals surface area contributed by atoms with Gasteiger partial charge in [-0.2, -0.15) is 4.31 Å². The summed E-state index contributed by atoms with van der Waals surface area (Å²) in [6, 6.07) is 20.2. The fourth-order valence-corrected chi connectivity index (χ4v) is 7.04. The van der Waals surface area contributed by atoms with Crippen LogP contribution in [-0.4, -0.2) is 36.7 Å². The number of aryl methyl sites for hydroxylation is 2. The Kier molecular flexibility index (Phi) is 8.42. The van der Waals surface area contributed by atoms with Gasteiger partial charge in [0.2, 0.25) is 10.0 Å². The van der Waals surface area contributed by atoms with E-state index in [1.165, 1.54) is 27.8 Å². The van der Waals surface area contributed by atoms with E-state index in [1.54, 1.807) is 17.0 Å². The minimum atomic E-state index is -3.62. The molecule has 6 nitrogen and oxygen atoms in total. The van der Waals surface area contributed by atoms with Crippen molar-refractivity contribution >= 4 is 42.6 Å². The summed E-state index contributed by atoms with van der Waals surface area (Å²) in [6.45, 7) is 9.32. The van der Waals surface area contributed by atoms with Crippen LogP contribution in [0.25, 0.3) is 10.2 Å². The normalized spacial score (nSPS) is 11.8. The highest BCUT2D eigenvalue weighted by molar-refractivity contribution is 7.89. The molecule has 1 heterocycles. The van der Waals surface area contributed by atoms with Crippen LogP contribution in [0.1, 0.15) is 53.7 Å². The summed E-state index contributed by atoms with van der Waals surface area (Å²) in [5.74, 6) is -0.222. The quantitative estimate of drug-likeness (QED) is 0.230. The van der Waals surface area contributed by atoms with E-state index in [-0.39, 0.29) is 10.8 Å². The van der Waals surface area contributed by atoms with Gasteiger partial charge in [0.1, 0.15) is 0 Å². The van der Waals surface area contributed by atoms with E-state index in [1.807, 2.05) is 57.2 Å². The molecule has 0 aliphatic rings. The van der Waals surface area contributed by atoms with E-state index in [0.717, 1.165) is 39.7 Å². The van der Waals surface area contributed by atoms with Crippen LogP contribution in [0.5, 0.6) is 0 Å². The molecule has 0 unspecified atom stereocenters. The molecule has 0 fully saturated rings. The van der Waals surface area contributed by atoms with Gasteiger partial charge in [-0.3, -0.25) is 9.69 Å². The zero-order valence-electron chi connectivity index (χ0n) is 21.8. The summed E-state index contributed by atoms with van der Waals surface area (Å²) in [5.41, 5.74) is 4.53. The first-order valence-electron chi connectivity index (χ1n) is 12.6. The summed E-state index contributed by atoms with van der Waals surface area (Å²) in [7, 11) is -3.62. The van der Waals surface area contributed by atoms with Gasteiger partial charge in [0.25, 0.3) is 5.91 Å². The summed E-state index contributed by atoms with van der Waals surface area (Å²) >= 11 is 1.50. The van der Waals surface area contributed by atoms with Crippen LogP contribution >= 0.6 is 11.3 Å². The van der Waals surface area contributed by atoms with Gasteiger partial charge >= 0.3 is 0 Å². The van der Waals surface area contributed by atoms with Crippen LogP contribution < -0.4 is 4.90 Å². The first-order chi connectivity index (χ1) is 17.7. The maximum absolute atomic E-state index is 13.8. The Morgan fingerprint density at radius 1 is 0.919 bits per heavy atom. The summed E-state index contributed by atoms with van der Waals surface area (Å²) in [4.78, 5) is 20.5. The number of hydrogen-bond acceptors (Lipinski definition) is 5. The van der Waals surface area contributed by atoms with Gasteiger partial charge in [-0.1, -0.05) is 61.6 Å². The Balaban J connectivity index is 1.70. The zero-order chi connectivity index (χ0) is 26.6. The van der Waals surface area contributed by atoms with E-state index in [4.69, 9.17) is 4.98 Å². The van der Waals surface area contributed by atoms with E-state index < -0.39 is 10.0 Å². The largest absolute Gasteiger partial charge is 0.279 e. The fraction of sp³-hybridized carbons (Fsp3) is 0.310. The molecule has 1 aromatic heterocycles. The Hall–Kier alpha value is -3.07. The minimum Gasteiger partial charge on any atom is -0.279 e. The summed E-state index contributed by atoms with van der Waals surface area (Å²) < 4.78 is 28.9. The van der Waals surface area contributed by atoms with Crippen LogP contribution in [0.4, 0.5) is 5.13 Å². The second kappa shape index (κ2) is 11.5. The van der Waals surface area contributed by atoms with Gasteiger partial charge in [0.05, 0.1) is 21.7 Å². The molecule has 8 heteroatoms. The van der Waals surface area contributed by atoms with Crippen molar-refractivity contribution in [2.24, 2.45) is 0 Å². The molecule has 4 rings (SSSR count). The van der Waals surface area contributed by atoms with Crippen molar-refractivity contribution in [3.8, 4) is 0 Å². The molecule has 1 amide bonds. The lowest BCUT2D eigenvalue weighted by Gasteiger charge is -2.22. The smallest absolute Gasteiger partial charge is 0.260 e. The molecule has 4 aromatic rings. The average Bonchev–Trinajstić information content (AvgIpc) is 3.31. The molecule has 0 saturated carbocycles. The molecule has 0 aliphatic carbocycles. The van der Waals surface area contributed by atoms with Gasteiger partial charge < -0.3 is 0 Å². The molecule has 194 valence electrons. The van der Waals surface area contributed by atoms with Crippen molar-refractivity contribution in [2.45, 2.75) is 52.0 Å². The number of aromatic nitrogens is 1. The standard InChI is InChI=1S/C29H33N3O3S2/c1-5-16-31(17-6-2)37(34,35)25-14-12-24(13-15-25)28(33)32(20-23-10-8-7-9-11-23)29-30-26-19-21(3)18-22(4)27(26)36-29/h7-15,18-19H,5-6,16-17,20H2,1-4H3. The maximum atomic E-state index is 13.8. The van der Waals surface area contributed by atoms with E-state index in [2.05, 4.69) is 13.0 Å². The number of amides is 1. The van der Waals surface area contributed by atoms with Crippen LogP contribution in [0.2, 0.25) is 0 Å². The SMILES string of the molecule is CCCN(CCC)S(=O)(=O)c1ccc(C(=O)N(Cc2ccccc2)c2nc3cc(C)cc(C)c3s2)cc1. The molecule has 0 radical (unpaired) electrons. The molecule has 0 bridgehead atoms. The predicted octanol–water partition coefficient (Wildman–Crippen LogP) is 6.57. The van der Waals surface area contributed by atoms with Crippen molar-refractivity contribution < 1.29 is 13.2 Å². The number of benzene rings is 3. The Labute approximate surface area is 223 Å². The molecule has 0 atom stereocenters. The van der Waals surface area contributed by atoms with Gasteiger partial charge in [0, 0.05) is 18.7 Å². The zero-order valence-corrected chi connectivity index (χ0v) is 23.4. The lowest BCUT2D eigenvalue weighted by molar-refractivity contribution is 0.0985. The third-order valence-electron chi connectivity index (χ3n) is 6.15. The first kappa shape index (κ1) is 27.0. The lowest BCUT2D eigenvalue weighted by Crippen LogP contribution is -2.33. The predicted molar refractivity (Wildman–Crippen MR) is 152 cm³/mol. The third kappa shape index (κ3) is 5.92. The highest BCUT2D eigenvalue weighted by Gasteiger charge is 2.25. The van der Waals surface area contributed by atoms with Crippen LogP contribution in [0.15, 0.2) is 71.6 Å². The lowest BCUT2D eigenvalue weighted by atomic mass is 10.1. The van der Waals surface area contributed by atoms with Crippen molar-refractivity contribution in [1.82, 2.24) is 9.29 Å². The molecule has 37 heavy (non-hydrogen) atoms. The number of rotatable bonds is 10. The number of carbonyl (C=O) groups is 1. The molecule has 0 N–H and O–H groups in total. The van der Waals surface area contributed by atoms with Crippen LogP contribution in [0.3, 0.4) is 0 Å². The van der Waals surface area contributed by atoms with Crippen molar-refractivity contribution in [3.63, 3.8) is 0 Å². The van der Waals surface area contributed by atoms with E-state index in [9.17, 15) is 13.2 Å². The number of carbonyl (C=O) groups excluding carboxylic acids is 1. The van der Waals surface area contributed by atoms with Gasteiger partial charge in [0.15, 0.2) is 5.13 Å². The maximum Gasteiger partial charge on any atom is 0.260 e. The van der Waals surface area contributed by atoms with Gasteiger partial charge in [-0.05, 0) is 73.7 Å². The van der Waals surface area contributed by atoms with Crippen LogP contribution in [0, 0.1) is 13.8 Å². The monoisotopic (exact) mass is 535 g/mol. The summed E-state index contributed by atoms with van der Waals surface area (Å²) in [6.07, 6.45) is 1.48. The molecule has 0 saturated heterocycles. The number of fused-ring (bicyclic) bond motifs is 1. The van der Waals surface area contributed by atoms with Gasteiger partial charge in [-0.15, -0.1) is 0 Å². The van der Waals surface area contributed by atoms with E-state index >= 15 is 0 Å². The molecular weight excluding hydrogens is 502 g/mol. The number of sulfonamides is 1. The Morgan fingerprint density at radius 2 is 1.57 bits per heavy atom. The number of anilines is 1. The minimum absolute atomic E-state index is 0.201. The fourth-order valence-electron chi connectivity index (χ4n) is 4.40. The van der Waals surface area contributed by atoms with Crippen LogP contribution in [-0.2, 0) is 16.6 Å². The molecule has 0 spiro atoms. The number of thiazole rings is 1. The first-order valence-corrected chi connectivity index (χ1v) is 14.8. The van der Waals surface area contributed by atoms with Crippen molar-refractivity contribution in [1.29, 1.82) is 0 Å². The van der Waals surface area contributed by atoms with Gasteiger partial charge in [-0.25, -0.2) is 13.4 Å². The van der Waals surface area contributed by atoms with E-state index in [0.29, 0.717) is 30.3 Å². The molecule has 0 aliphatic heterocycles. The molecule has 3 aromatic carbocycles. The van der Waals surface area contributed by atoms with Crippen molar-refractivity contribution in [2.75, 3.05) is 18.0 Å². The highest BCUT2D eigenvalue weighted by Crippen LogP contribution is 2.33. The third-order valence-corrected chi connectivity index (χ3v) is 9.30. The summed E-state index contributed by atoms with van der Waals surface area (Å²) in [5, 5.41) is 0.617. The Morgan fingerprint density at radius 3 is 2.19 bits per heavy atom.